The average molecular weight is 306 g/mol. The van der Waals surface area contributed by atoms with Crippen LogP contribution in [0.4, 0.5) is 12.7 Å². The molecule has 9 heteroatoms. The molecule has 0 rings (SSSR count). The van der Waals surface area contributed by atoms with Gasteiger partial charge in [-0.3, -0.25) is 8.32 Å². The van der Waals surface area contributed by atoms with Gasteiger partial charge in [-0.15, -0.1) is 4.20 Å². The maximum atomic E-state index is 12.0. The zero-order chi connectivity index (χ0) is 8.20. The standard InChI is InChI=1S/CH3F3IO3PSi/c2-1-10(4)8-9(3,6)7-5/h10H,1H2. The molecule has 0 fully saturated rings. The van der Waals surface area contributed by atoms with E-state index in [0.717, 1.165) is 23.0 Å². The fourth-order valence-corrected chi connectivity index (χ4v) is 2.47. The minimum Gasteiger partial charge on any atom is -0.294 e. The first-order chi connectivity index (χ1) is 4.52. The van der Waals surface area contributed by atoms with Gasteiger partial charge in [-0.2, -0.15) is 0 Å². The molecule has 0 N–H and O–H groups in total. The summed E-state index contributed by atoms with van der Waals surface area (Å²) in [5.41, 5.74) is 0. The van der Waals surface area contributed by atoms with E-state index < -0.39 is 23.6 Å². The molecular weight excluding hydrogens is 303 g/mol. The largest absolute Gasteiger partial charge is 0.514 e. The summed E-state index contributed by atoms with van der Waals surface area (Å²) in [5, 5.41) is 0. The normalized spacial score (nSPS) is 20.0. The lowest BCUT2D eigenvalue weighted by Gasteiger charge is -2.04. The molecule has 3 nitrogen and oxygen atoms in total. The van der Waals surface area contributed by atoms with Crippen LogP contribution in [0.1, 0.15) is 0 Å². The highest BCUT2D eigenvalue weighted by Gasteiger charge is 2.29. The summed E-state index contributed by atoms with van der Waals surface area (Å²) in [4.78, 5) is 0. The summed E-state index contributed by atoms with van der Waals surface area (Å²) in [6.45, 7) is 0. The zero-order valence-corrected chi connectivity index (χ0v) is 8.67. The molecule has 0 amide bonds. The lowest BCUT2D eigenvalue weighted by atomic mass is 11.8. The highest BCUT2D eigenvalue weighted by molar-refractivity contribution is 14.1. The first kappa shape index (κ1) is 10.9. The third-order valence-corrected chi connectivity index (χ3v) is 4.19. The van der Waals surface area contributed by atoms with Gasteiger partial charge in [0.1, 0.15) is 29.3 Å². The van der Waals surface area contributed by atoms with E-state index in [1.807, 2.05) is 0 Å². The van der Waals surface area contributed by atoms with Crippen LogP contribution in [0.5, 0.6) is 0 Å². The molecule has 0 aromatic heterocycles. The van der Waals surface area contributed by atoms with Crippen LogP contribution in [0.25, 0.3) is 0 Å². The summed E-state index contributed by atoms with van der Waals surface area (Å²) >= 11 is 0.950. The highest BCUT2D eigenvalue weighted by Crippen LogP contribution is 2.52. The van der Waals surface area contributed by atoms with E-state index in [1.165, 1.54) is 0 Å². The Morgan fingerprint density at radius 2 is 2.20 bits per heavy atom. The number of hydrogen-bond acceptors (Lipinski definition) is 3. The molecule has 0 bridgehead atoms. The Labute approximate surface area is 71.1 Å². The second-order valence-electron chi connectivity index (χ2n) is 1.17. The topological polar surface area (TPSA) is 35.5 Å². The van der Waals surface area contributed by atoms with Crippen LogP contribution < -0.4 is 0 Å². The first-order valence-corrected chi connectivity index (χ1v) is 6.04. The van der Waals surface area contributed by atoms with Crippen LogP contribution in [0, 0.1) is 0 Å². The molecular formula is CH3F3IO3PSi. The van der Waals surface area contributed by atoms with Gasteiger partial charge < -0.3 is 0 Å². The van der Waals surface area contributed by atoms with Gasteiger partial charge in [0.2, 0.25) is 0 Å². The summed E-state index contributed by atoms with van der Waals surface area (Å²) in [7, 11) is -8.57. The van der Waals surface area contributed by atoms with Gasteiger partial charge in [0.15, 0.2) is 0 Å². The van der Waals surface area contributed by atoms with Crippen LogP contribution in [-0.4, -0.2) is 15.7 Å². The van der Waals surface area contributed by atoms with E-state index in [1.54, 1.807) is 0 Å². The van der Waals surface area contributed by atoms with Gasteiger partial charge in [-0.1, -0.05) is 0 Å². The molecule has 2 unspecified atom stereocenters. The Bertz CT molecular complexity index is 146. The maximum absolute atomic E-state index is 12.0. The molecule has 10 heavy (non-hydrogen) atoms. The van der Waals surface area contributed by atoms with Crippen molar-refractivity contribution in [2.24, 2.45) is 0 Å². The van der Waals surface area contributed by atoms with E-state index in [4.69, 9.17) is 0 Å². The quantitative estimate of drug-likeness (QED) is 0.345. The van der Waals surface area contributed by atoms with Crippen molar-refractivity contribution in [3.05, 3.63) is 0 Å². The van der Waals surface area contributed by atoms with Crippen LogP contribution in [0.2, 0.25) is 0 Å². The van der Waals surface area contributed by atoms with Gasteiger partial charge in [0, 0.05) is 0 Å². The molecule has 0 aliphatic carbocycles. The van der Waals surface area contributed by atoms with Crippen molar-refractivity contribution in [2.45, 2.75) is 0 Å². The molecule has 0 aliphatic rings. The van der Waals surface area contributed by atoms with Gasteiger partial charge in [-0.25, -0.2) is 11.8 Å². The Morgan fingerprint density at radius 1 is 1.70 bits per heavy atom. The zero-order valence-electron chi connectivity index (χ0n) is 4.47. The van der Waals surface area contributed by atoms with Crippen molar-refractivity contribution in [1.29, 1.82) is 0 Å². The van der Waals surface area contributed by atoms with Crippen LogP contribution in [0.15, 0.2) is 0 Å². The number of rotatable bonds is 4. The van der Waals surface area contributed by atoms with Crippen molar-refractivity contribution in [1.82, 2.24) is 0 Å². The van der Waals surface area contributed by atoms with Gasteiger partial charge >= 0.3 is 17.3 Å². The summed E-state index contributed by atoms with van der Waals surface area (Å²) in [6, 6.07) is 0. The van der Waals surface area contributed by atoms with E-state index in [-0.39, 0.29) is 0 Å². The molecule has 0 heterocycles. The van der Waals surface area contributed by atoms with Crippen molar-refractivity contribution in [3.63, 3.8) is 0 Å². The van der Waals surface area contributed by atoms with Gasteiger partial charge in [0.25, 0.3) is 0 Å². The number of alkyl halides is 1. The van der Waals surface area contributed by atoms with Crippen LogP contribution in [-0.2, 0) is 11.6 Å². The summed E-state index contributed by atoms with van der Waals surface area (Å²) in [6.07, 6.45) is -1.42. The lowest BCUT2D eigenvalue weighted by Crippen LogP contribution is -2.11. The van der Waals surface area contributed by atoms with Crippen molar-refractivity contribution in [2.75, 3.05) is 6.30 Å². The van der Waals surface area contributed by atoms with Crippen LogP contribution in [0.3, 0.4) is 0 Å². The molecule has 0 spiro atoms. The minimum absolute atomic E-state index is 0.950. The predicted octanol–water partition coefficient (Wildman–Crippen LogP) is 2.15. The second-order valence-corrected chi connectivity index (χ2v) is 5.32. The molecule has 0 radical (unpaired) electrons. The maximum Gasteiger partial charge on any atom is 0.514 e. The predicted molar refractivity (Wildman–Crippen MR) is 39.1 cm³/mol. The van der Waals surface area contributed by atoms with Crippen molar-refractivity contribution < 1.29 is 24.3 Å². The second kappa shape index (κ2) is 4.70. The molecule has 0 saturated carbocycles. The lowest BCUT2D eigenvalue weighted by molar-refractivity contribution is 0.345. The van der Waals surface area contributed by atoms with Crippen molar-refractivity contribution >= 4 is 40.3 Å². The van der Waals surface area contributed by atoms with Crippen LogP contribution >= 0.6 is 30.9 Å². The van der Waals surface area contributed by atoms with E-state index in [0.29, 0.717) is 0 Å². The highest BCUT2D eigenvalue weighted by atomic mass is 127. The Balaban J connectivity index is 3.77. The van der Waals surface area contributed by atoms with Crippen molar-refractivity contribution in [3.8, 4) is 0 Å². The Hall–Kier alpha value is 0.887. The van der Waals surface area contributed by atoms with E-state index in [9.17, 15) is 17.3 Å². The van der Waals surface area contributed by atoms with E-state index >= 15 is 0 Å². The summed E-state index contributed by atoms with van der Waals surface area (Å²) < 4.78 is 52.2. The smallest absolute Gasteiger partial charge is 0.294 e. The molecule has 0 aromatic carbocycles. The monoisotopic (exact) mass is 306 g/mol. The fraction of sp³-hybridized carbons (Fsp3) is 1.00. The number of hydrogen-bond donors (Lipinski definition) is 0. The fourth-order valence-electron chi connectivity index (χ4n) is 0.181. The molecule has 2 atom stereocenters. The molecule has 62 valence electrons. The molecule has 0 aromatic rings. The third-order valence-electron chi connectivity index (χ3n) is 0.444. The molecule has 0 aliphatic heterocycles. The SMILES string of the molecule is O=P(F)(OI)O[SiH](F)CF. The van der Waals surface area contributed by atoms with Gasteiger partial charge in [-0.05, 0) is 0 Å². The Morgan fingerprint density at radius 3 is 2.50 bits per heavy atom. The number of halogens is 4. The third kappa shape index (κ3) is 4.66. The average Bonchev–Trinajstić information content (AvgIpc) is 1.87. The Kier molecular flexibility index (Phi) is 5.12. The summed E-state index contributed by atoms with van der Waals surface area (Å²) in [5.74, 6) is 0. The molecule has 0 saturated heterocycles. The minimum atomic E-state index is -4.81. The van der Waals surface area contributed by atoms with E-state index in [2.05, 4.69) is 7.07 Å². The first-order valence-electron chi connectivity index (χ1n) is 2.00. The van der Waals surface area contributed by atoms with Gasteiger partial charge in [0.05, 0.1) is 0 Å².